The topological polar surface area (TPSA) is 85.8 Å². The van der Waals surface area contributed by atoms with E-state index in [9.17, 15) is 4.79 Å². The van der Waals surface area contributed by atoms with E-state index in [4.69, 9.17) is 4.42 Å². The van der Waals surface area contributed by atoms with Crippen molar-refractivity contribution in [2.75, 3.05) is 5.32 Å². The summed E-state index contributed by atoms with van der Waals surface area (Å²) < 4.78 is 5.60. The molecule has 0 aliphatic heterocycles. The van der Waals surface area contributed by atoms with Crippen molar-refractivity contribution >= 4 is 27.8 Å². The molecule has 0 aromatic carbocycles. The maximum atomic E-state index is 11.7. The Kier molecular flexibility index (Phi) is 4.08. The first-order valence-corrected chi connectivity index (χ1v) is 6.33. The average Bonchev–Trinajstić information content (AvgIpc) is 2.96. The average molecular weight is 314 g/mol. The van der Waals surface area contributed by atoms with Crippen LogP contribution in [0.4, 0.5) is 5.95 Å². The zero-order valence-electron chi connectivity index (χ0n) is 9.76. The van der Waals surface area contributed by atoms with Crippen LogP contribution in [0.5, 0.6) is 0 Å². The van der Waals surface area contributed by atoms with Gasteiger partial charge in [0.1, 0.15) is 0 Å². The predicted octanol–water partition coefficient (Wildman–Crippen LogP) is 2.08. The van der Waals surface area contributed by atoms with E-state index in [1.165, 1.54) is 4.80 Å². The van der Waals surface area contributed by atoms with Gasteiger partial charge >= 0.3 is 0 Å². The first kappa shape index (κ1) is 12.7. The molecule has 7 nitrogen and oxygen atoms in total. The SMILES string of the molecule is CCCCn1nnc(NC(=O)c2ccc(Br)o2)n1. The maximum Gasteiger partial charge on any atom is 0.293 e. The summed E-state index contributed by atoms with van der Waals surface area (Å²) in [5, 5.41) is 14.1. The van der Waals surface area contributed by atoms with Gasteiger partial charge in [-0.1, -0.05) is 18.4 Å². The van der Waals surface area contributed by atoms with Gasteiger partial charge in [-0.2, -0.15) is 4.80 Å². The van der Waals surface area contributed by atoms with Crippen LogP contribution in [0.15, 0.2) is 21.2 Å². The molecular formula is C10H12BrN5O2. The van der Waals surface area contributed by atoms with Crippen LogP contribution >= 0.6 is 15.9 Å². The molecule has 0 fully saturated rings. The lowest BCUT2D eigenvalue weighted by atomic mass is 10.3. The van der Waals surface area contributed by atoms with E-state index in [-0.39, 0.29) is 11.7 Å². The van der Waals surface area contributed by atoms with Crippen molar-refractivity contribution in [1.82, 2.24) is 20.2 Å². The summed E-state index contributed by atoms with van der Waals surface area (Å²) in [5.41, 5.74) is 0. The van der Waals surface area contributed by atoms with Crippen LogP contribution in [0.3, 0.4) is 0 Å². The minimum Gasteiger partial charge on any atom is -0.444 e. The molecule has 0 bridgehead atoms. The number of furan rings is 1. The van der Waals surface area contributed by atoms with Crippen LogP contribution in [0, 0.1) is 0 Å². The van der Waals surface area contributed by atoms with E-state index in [2.05, 4.69) is 43.6 Å². The Morgan fingerprint density at radius 1 is 1.56 bits per heavy atom. The summed E-state index contributed by atoms with van der Waals surface area (Å²) in [6, 6.07) is 3.20. The van der Waals surface area contributed by atoms with Gasteiger partial charge in [0.05, 0.1) is 6.54 Å². The Labute approximate surface area is 112 Å². The van der Waals surface area contributed by atoms with Gasteiger partial charge in [-0.15, -0.1) is 5.10 Å². The van der Waals surface area contributed by atoms with Crippen molar-refractivity contribution in [3.05, 3.63) is 22.6 Å². The van der Waals surface area contributed by atoms with Crippen molar-refractivity contribution < 1.29 is 9.21 Å². The molecule has 0 unspecified atom stereocenters. The highest BCUT2D eigenvalue weighted by Gasteiger charge is 2.13. The Morgan fingerprint density at radius 3 is 3.06 bits per heavy atom. The zero-order valence-corrected chi connectivity index (χ0v) is 11.3. The number of carbonyl (C=O) groups is 1. The van der Waals surface area contributed by atoms with Crippen molar-refractivity contribution in [1.29, 1.82) is 0 Å². The minimum atomic E-state index is -0.407. The number of rotatable bonds is 5. The fourth-order valence-corrected chi connectivity index (χ4v) is 1.59. The van der Waals surface area contributed by atoms with Gasteiger partial charge in [0, 0.05) is 0 Å². The molecule has 96 valence electrons. The van der Waals surface area contributed by atoms with Crippen LogP contribution in [0.2, 0.25) is 0 Å². The van der Waals surface area contributed by atoms with Crippen LogP contribution in [0.25, 0.3) is 0 Å². The second kappa shape index (κ2) is 5.76. The molecule has 0 radical (unpaired) electrons. The lowest BCUT2D eigenvalue weighted by Gasteiger charge is -1.96. The van der Waals surface area contributed by atoms with Gasteiger partial charge in [-0.25, -0.2) is 0 Å². The number of tetrazole rings is 1. The van der Waals surface area contributed by atoms with Gasteiger partial charge < -0.3 is 4.42 Å². The van der Waals surface area contributed by atoms with E-state index in [0.717, 1.165) is 12.8 Å². The van der Waals surface area contributed by atoms with E-state index >= 15 is 0 Å². The van der Waals surface area contributed by atoms with Gasteiger partial charge in [-0.3, -0.25) is 10.1 Å². The molecular weight excluding hydrogens is 302 g/mol. The third-order valence-electron chi connectivity index (χ3n) is 2.19. The molecule has 0 aliphatic carbocycles. The van der Waals surface area contributed by atoms with Gasteiger partial charge in [0.15, 0.2) is 10.4 Å². The molecule has 2 heterocycles. The van der Waals surface area contributed by atoms with Crippen LogP contribution in [-0.4, -0.2) is 26.1 Å². The fraction of sp³-hybridized carbons (Fsp3) is 0.400. The van der Waals surface area contributed by atoms with Crippen molar-refractivity contribution in [2.45, 2.75) is 26.3 Å². The molecule has 0 aliphatic rings. The summed E-state index contributed by atoms with van der Waals surface area (Å²) in [7, 11) is 0. The van der Waals surface area contributed by atoms with Gasteiger partial charge in [0.25, 0.3) is 11.9 Å². The molecule has 2 aromatic rings. The van der Waals surface area contributed by atoms with Gasteiger partial charge in [-0.05, 0) is 39.7 Å². The van der Waals surface area contributed by atoms with Crippen LogP contribution < -0.4 is 5.32 Å². The summed E-state index contributed by atoms with van der Waals surface area (Å²) in [6.07, 6.45) is 2.01. The smallest absolute Gasteiger partial charge is 0.293 e. The highest BCUT2D eigenvalue weighted by atomic mass is 79.9. The second-order valence-electron chi connectivity index (χ2n) is 3.62. The summed E-state index contributed by atoms with van der Waals surface area (Å²) in [4.78, 5) is 13.2. The minimum absolute atomic E-state index is 0.170. The summed E-state index contributed by atoms with van der Waals surface area (Å²) in [6.45, 7) is 2.76. The lowest BCUT2D eigenvalue weighted by molar-refractivity contribution is 0.0994. The first-order chi connectivity index (χ1) is 8.69. The monoisotopic (exact) mass is 313 g/mol. The number of unbranched alkanes of at least 4 members (excludes halogenated alkanes) is 1. The summed E-state index contributed by atoms with van der Waals surface area (Å²) in [5.74, 6) is -0.0499. The number of aryl methyl sites for hydroxylation is 1. The highest BCUT2D eigenvalue weighted by Crippen LogP contribution is 2.14. The second-order valence-corrected chi connectivity index (χ2v) is 4.40. The Bertz CT molecular complexity index is 536. The van der Waals surface area contributed by atoms with E-state index in [1.807, 2.05) is 0 Å². The van der Waals surface area contributed by atoms with E-state index < -0.39 is 5.91 Å². The molecule has 0 spiro atoms. The third kappa shape index (κ3) is 3.16. The van der Waals surface area contributed by atoms with E-state index in [1.54, 1.807) is 12.1 Å². The lowest BCUT2D eigenvalue weighted by Crippen LogP contribution is -2.12. The van der Waals surface area contributed by atoms with Crippen molar-refractivity contribution in [3.63, 3.8) is 0 Å². The quantitative estimate of drug-likeness (QED) is 0.913. The molecule has 18 heavy (non-hydrogen) atoms. The largest absolute Gasteiger partial charge is 0.444 e. The summed E-state index contributed by atoms with van der Waals surface area (Å²) >= 11 is 3.12. The maximum absolute atomic E-state index is 11.7. The molecule has 2 aromatic heterocycles. The Balaban J connectivity index is 1.97. The Morgan fingerprint density at radius 2 is 2.39 bits per heavy atom. The van der Waals surface area contributed by atoms with Gasteiger partial charge in [0.2, 0.25) is 0 Å². The molecule has 0 saturated carbocycles. The Hall–Kier alpha value is -1.70. The standard InChI is InChI=1S/C10H12BrN5O2/c1-2-3-6-16-14-10(13-15-16)12-9(17)7-4-5-8(11)18-7/h4-5H,2-3,6H2,1H3,(H,12,14,17). The predicted molar refractivity (Wildman–Crippen MR) is 67.1 cm³/mol. The number of nitrogens with zero attached hydrogens (tertiary/aromatic N) is 4. The highest BCUT2D eigenvalue weighted by molar-refractivity contribution is 9.10. The molecule has 8 heteroatoms. The number of carbonyl (C=O) groups excluding carboxylic acids is 1. The zero-order chi connectivity index (χ0) is 13.0. The van der Waals surface area contributed by atoms with Crippen molar-refractivity contribution in [3.8, 4) is 0 Å². The molecule has 1 amide bonds. The molecule has 0 saturated heterocycles. The molecule has 2 rings (SSSR count). The number of nitrogens with one attached hydrogen (secondary N) is 1. The van der Waals surface area contributed by atoms with Crippen molar-refractivity contribution in [2.24, 2.45) is 0 Å². The van der Waals surface area contributed by atoms with Crippen LogP contribution in [-0.2, 0) is 6.54 Å². The fourth-order valence-electron chi connectivity index (χ4n) is 1.29. The number of halogens is 1. The number of anilines is 1. The van der Waals surface area contributed by atoms with E-state index in [0.29, 0.717) is 11.2 Å². The normalized spacial score (nSPS) is 10.6. The van der Waals surface area contributed by atoms with Crippen LogP contribution in [0.1, 0.15) is 30.3 Å². The number of hydrogen-bond donors (Lipinski definition) is 1. The molecule has 1 N–H and O–H groups in total. The number of aromatic nitrogens is 4. The molecule has 0 atom stereocenters. The third-order valence-corrected chi connectivity index (χ3v) is 2.61. The number of amides is 1. The number of hydrogen-bond acceptors (Lipinski definition) is 5. The first-order valence-electron chi connectivity index (χ1n) is 5.53.